The molecule has 1 saturated heterocycles. The summed E-state index contributed by atoms with van der Waals surface area (Å²) in [6, 6.07) is 28.3. The molecule has 2 fully saturated rings. The first kappa shape index (κ1) is 25.0. The van der Waals surface area contributed by atoms with Gasteiger partial charge >= 0.3 is 0 Å². The van der Waals surface area contributed by atoms with Crippen molar-refractivity contribution in [1.82, 2.24) is 9.80 Å². The molecule has 1 aliphatic carbocycles. The van der Waals surface area contributed by atoms with Crippen LogP contribution in [0.3, 0.4) is 0 Å². The molecule has 0 unspecified atom stereocenters. The Bertz CT molecular complexity index is 1160. The van der Waals surface area contributed by atoms with E-state index in [9.17, 15) is 4.79 Å². The number of rotatable bonds is 7. The maximum atomic E-state index is 13.4. The summed E-state index contributed by atoms with van der Waals surface area (Å²) in [7, 11) is 0. The number of ether oxygens (including phenoxy) is 1. The molecule has 2 heterocycles. The van der Waals surface area contributed by atoms with Gasteiger partial charge in [0, 0.05) is 43.8 Å². The first-order valence-electron chi connectivity index (χ1n) is 14.4. The van der Waals surface area contributed by atoms with Crippen LogP contribution in [0.2, 0.25) is 0 Å². The highest BCUT2D eigenvalue weighted by Gasteiger charge is 2.32. The molecule has 0 radical (unpaired) electrons. The quantitative estimate of drug-likeness (QED) is 0.382. The first-order chi connectivity index (χ1) is 18.8. The predicted octanol–water partition coefficient (Wildman–Crippen LogP) is 6.16. The summed E-state index contributed by atoms with van der Waals surface area (Å²) in [4.78, 5) is 20.4. The fourth-order valence-electron chi connectivity index (χ4n) is 6.46. The number of anilines is 1. The summed E-state index contributed by atoms with van der Waals surface area (Å²) in [5, 5.41) is 0. The lowest BCUT2D eigenvalue weighted by atomic mass is 9.88. The van der Waals surface area contributed by atoms with Gasteiger partial charge in [-0.3, -0.25) is 9.69 Å². The number of fused-ring (bicyclic) bond motifs is 1. The average molecular weight is 510 g/mol. The van der Waals surface area contributed by atoms with Crippen LogP contribution in [0.5, 0.6) is 5.75 Å². The van der Waals surface area contributed by atoms with Crippen LogP contribution in [0.25, 0.3) is 0 Å². The van der Waals surface area contributed by atoms with Crippen LogP contribution in [0.15, 0.2) is 78.9 Å². The Kier molecular flexibility index (Phi) is 7.64. The Morgan fingerprint density at radius 2 is 1.45 bits per heavy atom. The summed E-state index contributed by atoms with van der Waals surface area (Å²) < 4.78 is 6.02. The molecule has 6 rings (SSSR count). The van der Waals surface area contributed by atoms with Crippen LogP contribution in [0.4, 0.5) is 5.69 Å². The monoisotopic (exact) mass is 509 g/mol. The van der Waals surface area contributed by atoms with Crippen LogP contribution in [0, 0.1) is 0 Å². The van der Waals surface area contributed by atoms with Gasteiger partial charge in [-0.2, -0.15) is 0 Å². The van der Waals surface area contributed by atoms with Crippen molar-refractivity contribution in [1.29, 1.82) is 0 Å². The molecule has 0 N–H and O–H groups in total. The fraction of sp³-hybridized carbons (Fsp3) is 0.424. The van der Waals surface area contributed by atoms with E-state index in [-0.39, 0.29) is 5.91 Å². The maximum Gasteiger partial charge on any atom is 0.260 e. The Morgan fingerprint density at radius 1 is 0.789 bits per heavy atom. The van der Waals surface area contributed by atoms with Gasteiger partial charge in [-0.05, 0) is 55.1 Å². The summed E-state index contributed by atoms with van der Waals surface area (Å²) in [5.74, 6) is 1.29. The molecule has 3 aromatic rings. The zero-order valence-corrected chi connectivity index (χ0v) is 22.3. The predicted molar refractivity (Wildman–Crippen MR) is 153 cm³/mol. The Morgan fingerprint density at radius 3 is 2.11 bits per heavy atom. The summed E-state index contributed by atoms with van der Waals surface area (Å²) in [6.07, 6.45) is 7.01. The molecule has 2 aliphatic heterocycles. The topological polar surface area (TPSA) is 36.0 Å². The molecular formula is C33H39N3O2. The highest BCUT2D eigenvalue weighted by atomic mass is 16.5. The highest BCUT2D eigenvalue weighted by molar-refractivity contribution is 5.99. The van der Waals surface area contributed by atoms with E-state index in [1.54, 1.807) is 0 Å². The molecule has 5 nitrogen and oxygen atoms in total. The molecule has 0 atom stereocenters. The Labute approximate surface area is 227 Å². The number of amides is 1. The lowest BCUT2D eigenvalue weighted by molar-refractivity contribution is 0.0319. The Hall–Kier alpha value is -3.31. The molecular weight excluding hydrogens is 470 g/mol. The summed E-state index contributed by atoms with van der Waals surface area (Å²) >= 11 is 0. The van der Waals surface area contributed by atoms with Gasteiger partial charge in [0.25, 0.3) is 5.91 Å². The van der Waals surface area contributed by atoms with Gasteiger partial charge in [0.1, 0.15) is 5.75 Å². The van der Waals surface area contributed by atoms with Gasteiger partial charge in [-0.15, -0.1) is 0 Å². The molecule has 3 aromatic carbocycles. The van der Waals surface area contributed by atoms with Crippen molar-refractivity contribution in [3.05, 3.63) is 95.6 Å². The van der Waals surface area contributed by atoms with E-state index in [1.807, 2.05) is 11.0 Å². The van der Waals surface area contributed by atoms with Crippen LogP contribution in [-0.2, 0) is 0 Å². The number of carbonyl (C=O) groups is 1. The van der Waals surface area contributed by atoms with E-state index >= 15 is 0 Å². The second kappa shape index (κ2) is 11.6. The van der Waals surface area contributed by atoms with E-state index in [0.717, 1.165) is 69.0 Å². The zero-order chi connectivity index (χ0) is 25.7. The Balaban J connectivity index is 1.08. The van der Waals surface area contributed by atoms with Crippen LogP contribution in [0.1, 0.15) is 65.9 Å². The van der Waals surface area contributed by atoms with E-state index in [0.29, 0.717) is 18.7 Å². The van der Waals surface area contributed by atoms with Crippen molar-refractivity contribution in [3.8, 4) is 5.75 Å². The number of hydrogen-bond acceptors (Lipinski definition) is 4. The maximum absolute atomic E-state index is 13.4. The summed E-state index contributed by atoms with van der Waals surface area (Å²) in [6.45, 7) is 5.48. The third-order valence-corrected chi connectivity index (χ3v) is 8.70. The van der Waals surface area contributed by atoms with Crippen molar-refractivity contribution in [2.75, 3.05) is 44.4 Å². The summed E-state index contributed by atoms with van der Waals surface area (Å²) in [5.41, 5.74) is 4.65. The third kappa shape index (κ3) is 5.44. The molecule has 38 heavy (non-hydrogen) atoms. The molecule has 1 saturated carbocycles. The van der Waals surface area contributed by atoms with Crippen molar-refractivity contribution < 1.29 is 9.53 Å². The standard InChI is InChI=1S/C33H39N3O2/c37-33-31-24-29(16-17-32(31)38-25-36(33)28-14-8-3-9-15-28)35-22-20-34(21-23-35)19-18-30(26-10-4-1-5-11-26)27-12-6-2-7-13-27/h1-2,4-7,10-13,16-17,24,28,30H,3,8-9,14-15,18-23,25H2. The van der Waals surface area contributed by atoms with Crippen LogP contribution >= 0.6 is 0 Å². The highest BCUT2D eigenvalue weighted by Crippen LogP contribution is 2.34. The zero-order valence-electron chi connectivity index (χ0n) is 22.3. The third-order valence-electron chi connectivity index (χ3n) is 8.70. The van der Waals surface area contributed by atoms with Gasteiger partial charge in [-0.1, -0.05) is 79.9 Å². The molecule has 3 aliphatic rings. The van der Waals surface area contributed by atoms with Crippen molar-refractivity contribution in [2.45, 2.75) is 50.5 Å². The minimum atomic E-state index is 0.145. The largest absolute Gasteiger partial charge is 0.472 e. The number of carbonyl (C=O) groups excluding carboxylic acids is 1. The normalized spacial score (nSPS) is 18.9. The van der Waals surface area contributed by atoms with Crippen molar-refractivity contribution >= 4 is 11.6 Å². The van der Waals surface area contributed by atoms with Crippen LogP contribution in [-0.4, -0.2) is 61.2 Å². The van der Waals surface area contributed by atoms with Gasteiger partial charge in [-0.25, -0.2) is 0 Å². The fourth-order valence-corrected chi connectivity index (χ4v) is 6.46. The van der Waals surface area contributed by atoms with Gasteiger partial charge in [0.2, 0.25) is 0 Å². The second-order valence-corrected chi connectivity index (χ2v) is 11.0. The smallest absolute Gasteiger partial charge is 0.260 e. The van der Waals surface area contributed by atoms with E-state index in [4.69, 9.17) is 4.74 Å². The molecule has 0 bridgehead atoms. The minimum absolute atomic E-state index is 0.145. The lowest BCUT2D eigenvalue weighted by Gasteiger charge is -2.39. The van der Waals surface area contributed by atoms with Crippen molar-refractivity contribution in [2.24, 2.45) is 0 Å². The van der Waals surface area contributed by atoms with Gasteiger partial charge in [0.15, 0.2) is 6.73 Å². The molecule has 5 heteroatoms. The number of piperazine rings is 1. The van der Waals surface area contributed by atoms with E-state index in [2.05, 4.69) is 82.6 Å². The van der Waals surface area contributed by atoms with Gasteiger partial charge < -0.3 is 14.5 Å². The SMILES string of the molecule is O=C1c2cc(N3CCN(CCC(c4ccccc4)c4ccccc4)CC3)ccc2OCN1C1CCCCC1. The second-order valence-electron chi connectivity index (χ2n) is 11.0. The van der Waals surface area contributed by atoms with E-state index < -0.39 is 0 Å². The molecule has 198 valence electrons. The van der Waals surface area contributed by atoms with Crippen molar-refractivity contribution in [3.63, 3.8) is 0 Å². The number of nitrogens with zero attached hydrogens (tertiary/aromatic N) is 3. The number of benzene rings is 3. The molecule has 1 amide bonds. The molecule has 0 aromatic heterocycles. The number of hydrogen-bond donors (Lipinski definition) is 0. The average Bonchev–Trinajstić information content (AvgIpc) is 2.99. The van der Waals surface area contributed by atoms with E-state index in [1.165, 1.54) is 30.4 Å². The van der Waals surface area contributed by atoms with Gasteiger partial charge in [0.05, 0.1) is 5.56 Å². The van der Waals surface area contributed by atoms with Crippen LogP contribution < -0.4 is 9.64 Å². The molecule has 0 spiro atoms. The minimum Gasteiger partial charge on any atom is -0.472 e. The first-order valence-corrected chi connectivity index (χ1v) is 14.4. The lowest BCUT2D eigenvalue weighted by Crippen LogP contribution is -2.47.